The number of halogens is 1. The Balaban J connectivity index is 1.94. The molecule has 0 spiro atoms. The lowest BCUT2D eigenvalue weighted by molar-refractivity contribution is 0.102. The first kappa shape index (κ1) is 18.7. The Labute approximate surface area is 161 Å². The van der Waals surface area contributed by atoms with E-state index in [9.17, 15) is 9.59 Å². The van der Waals surface area contributed by atoms with Gasteiger partial charge in [-0.2, -0.15) is 0 Å². The van der Waals surface area contributed by atoms with Crippen molar-refractivity contribution in [3.05, 3.63) is 69.5 Å². The standard InChI is InChI=1S/C20H19ClN2O2S/c1-3-13(2)23-19(25)16-6-4-5-7-17(16)22-20(23)26-12-18(24)14-8-10-15(21)11-9-14/h4-11,13H,3,12H2,1-2H3. The van der Waals surface area contributed by atoms with E-state index in [0.717, 1.165) is 6.42 Å². The lowest BCUT2D eigenvalue weighted by Gasteiger charge is -2.18. The highest BCUT2D eigenvalue weighted by Gasteiger charge is 2.17. The number of fused-ring (bicyclic) bond motifs is 1. The van der Waals surface area contributed by atoms with Gasteiger partial charge in [-0.15, -0.1) is 0 Å². The normalized spacial score (nSPS) is 12.3. The molecule has 6 heteroatoms. The summed E-state index contributed by atoms with van der Waals surface area (Å²) in [6.45, 7) is 4.02. The molecule has 134 valence electrons. The maximum Gasteiger partial charge on any atom is 0.262 e. The van der Waals surface area contributed by atoms with E-state index in [1.807, 2.05) is 32.0 Å². The highest BCUT2D eigenvalue weighted by Crippen LogP contribution is 2.23. The third-order valence-corrected chi connectivity index (χ3v) is 5.51. The molecule has 2 aromatic carbocycles. The molecule has 1 unspecified atom stereocenters. The number of thioether (sulfide) groups is 1. The van der Waals surface area contributed by atoms with Crippen LogP contribution in [0.3, 0.4) is 0 Å². The molecule has 0 amide bonds. The molecular weight excluding hydrogens is 368 g/mol. The van der Waals surface area contributed by atoms with Crippen molar-refractivity contribution in [2.24, 2.45) is 0 Å². The number of hydrogen-bond donors (Lipinski definition) is 0. The third-order valence-electron chi connectivity index (χ3n) is 4.31. The molecule has 0 bridgehead atoms. The van der Waals surface area contributed by atoms with Crippen molar-refractivity contribution < 1.29 is 4.79 Å². The first-order valence-corrected chi connectivity index (χ1v) is 9.80. The topological polar surface area (TPSA) is 52.0 Å². The van der Waals surface area contributed by atoms with E-state index < -0.39 is 0 Å². The molecular formula is C20H19ClN2O2S. The van der Waals surface area contributed by atoms with E-state index in [1.54, 1.807) is 34.9 Å². The summed E-state index contributed by atoms with van der Waals surface area (Å²) in [6.07, 6.45) is 0.804. The van der Waals surface area contributed by atoms with Crippen molar-refractivity contribution in [1.29, 1.82) is 0 Å². The zero-order valence-electron chi connectivity index (χ0n) is 14.6. The summed E-state index contributed by atoms with van der Waals surface area (Å²) in [5, 5.41) is 1.77. The summed E-state index contributed by atoms with van der Waals surface area (Å²) >= 11 is 7.17. The molecule has 1 atom stereocenters. The third kappa shape index (κ3) is 3.84. The number of hydrogen-bond acceptors (Lipinski definition) is 4. The first-order valence-electron chi connectivity index (χ1n) is 8.44. The molecule has 0 radical (unpaired) electrons. The Kier molecular flexibility index (Phi) is 5.79. The minimum atomic E-state index is -0.0635. The Hall–Kier alpha value is -2.11. The quantitative estimate of drug-likeness (QED) is 0.340. The van der Waals surface area contributed by atoms with Gasteiger partial charge < -0.3 is 0 Å². The number of para-hydroxylation sites is 1. The Bertz CT molecular complexity index is 999. The monoisotopic (exact) mass is 386 g/mol. The van der Waals surface area contributed by atoms with Gasteiger partial charge >= 0.3 is 0 Å². The lowest BCUT2D eigenvalue weighted by Crippen LogP contribution is -2.26. The minimum Gasteiger partial charge on any atom is -0.293 e. The van der Waals surface area contributed by atoms with Crippen molar-refractivity contribution in [3.8, 4) is 0 Å². The number of ketones is 1. The summed E-state index contributed by atoms with van der Waals surface area (Å²) in [7, 11) is 0. The van der Waals surface area contributed by atoms with E-state index in [-0.39, 0.29) is 23.1 Å². The highest BCUT2D eigenvalue weighted by atomic mass is 35.5. The van der Waals surface area contributed by atoms with Gasteiger partial charge in [0, 0.05) is 16.6 Å². The molecule has 0 aliphatic carbocycles. The van der Waals surface area contributed by atoms with Crippen LogP contribution in [0.4, 0.5) is 0 Å². The highest BCUT2D eigenvalue weighted by molar-refractivity contribution is 7.99. The number of rotatable bonds is 6. The summed E-state index contributed by atoms with van der Waals surface area (Å²) in [5.74, 6) is 0.188. The van der Waals surface area contributed by atoms with Crippen LogP contribution in [0, 0.1) is 0 Å². The van der Waals surface area contributed by atoms with Gasteiger partial charge in [-0.3, -0.25) is 14.2 Å². The molecule has 26 heavy (non-hydrogen) atoms. The van der Waals surface area contributed by atoms with Crippen LogP contribution in [0.15, 0.2) is 58.5 Å². The van der Waals surface area contributed by atoms with Gasteiger partial charge in [0.1, 0.15) is 0 Å². The maximum absolute atomic E-state index is 12.9. The Morgan fingerprint density at radius 3 is 2.58 bits per heavy atom. The predicted octanol–water partition coefficient (Wildman–Crippen LogP) is 5.00. The van der Waals surface area contributed by atoms with Gasteiger partial charge in [0.05, 0.1) is 16.7 Å². The van der Waals surface area contributed by atoms with Gasteiger partial charge in [-0.1, -0.05) is 42.4 Å². The Morgan fingerprint density at radius 1 is 1.19 bits per heavy atom. The van der Waals surface area contributed by atoms with Crippen LogP contribution < -0.4 is 5.56 Å². The summed E-state index contributed by atoms with van der Waals surface area (Å²) in [6, 6.07) is 14.1. The van der Waals surface area contributed by atoms with Crippen molar-refractivity contribution in [2.45, 2.75) is 31.5 Å². The van der Waals surface area contributed by atoms with Gasteiger partial charge in [-0.25, -0.2) is 4.98 Å². The second-order valence-corrected chi connectivity index (χ2v) is 7.44. The van der Waals surface area contributed by atoms with Crippen LogP contribution in [0.2, 0.25) is 5.02 Å². The number of nitrogens with zero attached hydrogens (tertiary/aromatic N) is 2. The number of Topliss-reactive ketones (excluding diaryl/α,β-unsaturated/α-hetero) is 1. The van der Waals surface area contributed by atoms with E-state index >= 15 is 0 Å². The molecule has 0 aliphatic heterocycles. The van der Waals surface area contributed by atoms with Gasteiger partial charge in [0.15, 0.2) is 10.9 Å². The van der Waals surface area contributed by atoms with E-state index in [1.165, 1.54) is 11.8 Å². The van der Waals surface area contributed by atoms with E-state index in [0.29, 0.717) is 26.6 Å². The zero-order valence-corrected chi connectivity index (χ0v) is 16.2. The number of carbonyl (C=O) groups excluding carboxylic acids is 1. The van der Waals surface area contributed by atoms with Crippen LogP contribution in [-0.2, 0) is 0 Å². The molecule has 0 aliphatic rings. The molecule has 4 nitrogen and oxygen atoms in total. The fourth-order valence-corrected chi connectivity index (χ4v) is 3.77. The second-order valence-electron chi connectivity index (χ2n) is 6.06. The maximum atomic E-state index is 12.9. The van der Waals surface area contributed by atoms with Crippen LogP contribution in [-0.4, -0.2) is 21.1 Å². The van der Waals surface area contributed by atoms with Crippen molar-refractivity contribution in [1.82, 2.24) is 9.55 Å². The van der Waals surface area contributed by atoms with Crippen molar-refractivity contribution in [3.63, 3.8) is 0 Å². The first-order chi connectivity index (χ1) is 12.5. The van der Waals surface area contributed by atoms with Crippen LogP contribution in [0.25, 0.3) is 10.9 Å². The molecule has 1 aromatic heterocycles. The number of carbonyl (C=O) groups is 1. The fraction of sp³-hybridized carbons (Fsp3) is 0.250. The number of benzene rings is 2. The predicted molar refractivity (Wildman–Crippen MR) is 108 cm³/mol. The zero-order chi connectivity index (χ0) is 18.7. The van der Waals surface area contributed by atoms with Gasteiger partial charge in [0.2, 0.25) is 0 Å². The average Bonchev–Trinajstić information content (AvgIpc) is 2.66. The molecule has 0 N–H and O–H groups in total. The lowest BCUT2D eigenvalue weighted by atomic mass is 10.1. The smallest absolute Gasteiger partial charge is 0.262 e. The van der Waals surface area contributed by atoms with Gasteiger partial charge in [-0.05, 0) is 49.7 Å². The van der Waals surface area contributed by atoms with Crippen LogP contribution in [0.1, 0.15) is 36.7 Å². The summed E-state index contributed by atoms with van der Waals surface area (Å²) < 4.78 is 1.70. The van der Waals surface area contributed by atoms with Crippen molar-refractivity contribution >= 4 is 40.0 Å². The minimum absolute atomic E-state index is 0.00717. The summed E-state index contributed by atoms with van der Waals surface area (Å²) in [5.41, 5.74) is 1.19. The van der Waals surface area contributed by atoms with E-state index in [4.69, 9.17) is 11.6 Å². The molecule has 0 fully saturated rings. The average molecular weight is 387 g/mol. The second kappa shape index (κ2) is 8.06. The summed E-state index contributed by atoms with van der Waals surface area (Å²) in [4.78, 5) is 30.0. The fourth-order valence-electron chi connectivity index (χ4n) is 2.65. The molecule has 0 saturated heterocycles. The Morgan fingerprint density at radius 2 is 1.88 bits per heavy atom. The molecule has 1 heterocycles. The molecule has 3 rings (SSSR count). The SMILES string of the molecule is CCC(C)n1c(SCC(=O)c2ccc(Cl)cc2)nc2ccccc2c1=O. The van der Waals surface area contributed by atoms with Crippen LogP contribution >= 0.6 is 23.4 Å². The van der Waals surface area contributed by atoms with Gasteiger partial charge in [0.25, 0.3) is 5.56 Å². The molecule has 0 saturated carbocycles. The largest absolute Gasteiger partial charge is 0.293 e. The number of aromatic nitrogens is 2. The van der Waals surface area contributed by atoms with Crippen molar-refractivity contribution in [2.75, 3.05) is 5.75 Å². The van der Waals surface area contributed by atoms with E-state index in [2.05, 4.69) is 4.98 Å². The van der Waals surface area contributed by atoms with Crippen LogP contribution in [0.5, 0.6) is 0 Å². The molecule has 3 aromatic rings.